The lowest BCUT2D eigenvalue weighted by atomic mass is 9.80. The molecule has 0 nitrogen and oxygen atoms in total. The topological polar surface area (TPSA) is 0 Å². The van der Waals surface area contributed by atoms with Crippen LogP contribution in [0.1, 0.15) is 133 Å². The molecule has 1 heteroatoms. The molecule has 0 atom stereocenters. The summed E-state index contributed by atoms with van der Waals surface area (Å²) in [5.74, 6) is 1.04. The molecule has 190 valence electrons. The van der Waals surface area contributed by atoms with Gasteiger partial charge in [-0.25, -0.2) is 0 Å². The largest absolute Gasteiger partial charge is 0.0651 e. The summed E-state index contributed by atoms with van der Waals surface area (Å²) in [5, 5.41) is 2.11. The molecule has 34 heavy (non-hydrogen) atoms. The Labute approximate surface area is 214 Å². The van der Waals surface area contributed by atoms with Crippen molar-refractivity contribution in [3.8, 4) is 11.1 Å². The highest BCUT2D eigenvalue weighted by Crippen LogP contribution is 2.61. The van der Waals surface area contributed by atoms with Crippen LogP contribution in [0.4, 0.5) is 0 Å². The van der Waals surface area contributed by atoms with E-state index in [1.54, 1.807) is 27.6 Å². The summed E-state index contributed by atoms with van der Waals surface area (Å²) in [7, 11) is -0.421. The van der Waals surface area contributed by atoms with Crippen LogP contribution in [0.5, 0.6) is 0 Å². The maximum Gasteiger partial charge on any atom is -0.00661 e. The van der Waals surface area contributed by atoms with Crippen molar-refractivity contribution in [1.29, 1.82) is 0 Å². The van der Waals surface area contributed by atoms with Gasteiger partial charge in [0.2, 0.25) is 0 Å². The van der Waals surface area contributed by atoms with Gasteiger partial charge < -0.3 is 0 Å². The Morgan fingerprint density at radius 2 is 1.18 bits per heavy atom. The Morgan fingerprint density at radius 1 is 0.676 bits per heavy atom. The van der Waals surface area contributed by atoms with Gasteiger partial charge in [0.05, 0.1) is 0 Å². The van der Waals surface area contributed by atoms with Crippen LogP contribution < -0.4 is 5.30 Å². The number of benzene rings is 2. The van der Waals surface area contributed by atoms with Crippen molar-refractivity contribution in [2.24, 2.45) is 0 Å². The van der Waals surface area contributed by atoms with Crippen LogP contribution in [0.3, 0.4) is 0 Å². The lowest BCUT2D eigenvalue weighted by molar-refractivity contribution is 0.714. The van der Waals surface area contributed by atoms with Gasteiger partial charge in [-0.1, -0.05) is 103 Å². The molecule has 0 fully saturated rings. The van der Waals surface area contributed by atoms with E-state index in [9.17, 15) is 0 Å². The van der Waals surface area contributed by atoms with Crippen molar-refractivity contribution in [1.82, 2.24) is 0 Å². The molecule has 0 radical (unpaired) electrons. The van der Waals surface area contributed by atoms with E-state index in [1.807, 2.05) is 0 Å². The van der Waals surface area contributed by atoms with Gasteiger partial charge in [0, 0.05) is 0 Å². The Bertz CT molecular complexity index is 1010. The first-order valence-electron chi connectivity index (χ1n) is 13.5. The lowest BCUT2D eigenvalue weighted by Gasteiger charge is -2.44. The fourth-order valence-electron chi connectivity index (χ4n) is 5.87. The molecule has 0 aliphatic heterocycles. The van der Waals surface area contributed by atoms with Gasteiger partial charge in [-0.2, -0.15) is 0 Å². The first-order chi connectivity index (χ1) is 15.4. The highest BCUT2D eigenvalue weighted by molar-refractivity contribution is 7.69. The summed E-state index contributed by atoms with van der Waals surface area (Å²) >= 11 is 0. The smallest absolute Gasteiger partial charge is 0.00661 e. The fourth-order valence-corrected chi connectivity index (χ4v) is 10.2. The zero-order valence-electron chi connectivity index (χ0n) is 25.2. The van der Waals surface area contributed by atoms with Gasteiger partial charge in [0.25, 0.3) is 0 Å². The van der Waals surface area contributed by atoms with Gasteiger partial charge in [0.15, 0.2) is 0 Å². The third-order valence-corrected chi connectivity index (χ3v) is 11.2. The molecule has 0 amide bonds. The SMILES string of the molecule is CCCc1cc(C(C)C)cc(C(C)C)c1-c1c(C)c(C)c(C)c(C)c1P(C(C)(C)C)C(C)(C)C. The molecule has 2 aromatic rings. The zero-order chi connectivity index (χ0) is 26.3. The van der Waals surface area contributed by atoms with Crippen LogP contribution in [0.25, 0.3) is 11.1 Å². The number of aryl methyl sites for hydroxylation is 1. The zero-order valence-corrected chi connectivity index (χ0v) is 26.1. The van der Waals surface area contributed by atoms with Gasteiger partial charge in [-0.15, -0.1) is 0 Å². The maximum absolute atomic E-state index is 2.54. The second-order valence-corrected chi connectivity index (χ2v) is 16.9. The van der Waals surface area contributed by atoms with Crippen LogP contribution >= 0.6 is 7.92 Å². The quantitative estimate of drug-likeness (QED) is 0.361. The second-order valence-electron chi connectivity index (χ2n) is 13.1. The van der Waals surface area contributed by atoms with Crippen molar-refractivity contribution >= 4 is 13.2 Å². The van der Waals surface area contributed by atoms with Crippen LogP contribution in [0, 0.1) is 27.7 Å². The van der Waals surface area contributed by atoms with E-state index in [0.717, 1.165) is 6.42 Å². The Balaban J connectivity index is 3.23. The molecular weight excluding hydrogens is 427 g/mol. The lowest BCUT2D eigenvalue weighted by Crippen LogP contribution is -2.34. The van der Waals surface area contributed by atoms with Crippen molar-refractivity contribution < 1.29 is 0 Å². The molecule has 0 saturated carbocycles. The van der Waals surface area contributed by atoms with Crippen LogP contribution in [-0.4, -0.2) is 10.3 Å². The molecule has 2 aromatic carbocycles. The number of hydrogen-bond acceptors (Lipinski definition) is 0. The average molecular weight is 481 g/mol. The van der Waals surface area contributed by atoms with Crippen LogP contribution in [0.2, 0.25) is 0 Å². The summed E-state index contributed by atoms with van der Waals surface area (Å²) in [6, 6.07) is 5.08. The summed E-state index contributed by atoms with van der Waals surface area (Å²) in [6.45, 7) is 36.1. The normalized spacial score (nSPS) is 13.0. The molecule has 0 saturated heterocycles. The highest BCUT2D eigenvalue weighted by atomic mass is 31.1. The van der Waals surface area contributed by atoms with E-state index < -0.39 is 7.92 Å². The van der Waals surface area contributed by atoms with E-state index in [0.29, 0.717) is 11.8 Å². The van der Waals surface area contributed by atoms with Gasteiger partial charge in [-0.3, -0.25) is 0 Å². The minimum Gasteiger partial charge on any atom is -0.0651 e. The molecule has 0 unspecified atom stereocenters. The summed E-state index contributed by atoms with van der Waals surface area (Å²) in [4.78, 5) is 0. The molecule has 0 aromatic heterocycles. The third kappa shape index (κ3) is 5.64. The summed E-state index contributed by atoms with van der Waals surface area (Å²) < 4.78 is 0. The van der Waals surface area contributed by atoms with E-state index in [-0.39, 0.29) is 10.3 Å². The summed E-state index contributed by atoms with van der Waals surface area (Å²) in [6.07, 6.45) is 2.32. The minimum atomic E-state index is -0.421. The Morgan fingerprint density at radius 3 is 1.59 bits per heavy atom. The molecule has 2 rings (SSSR count). The highest BCUT2D eigenvalue weighted by Gasteiger charge is 2.39. The molecule has 0 bridgehead atoms. The van der Waals surface area contributed by atoms with E-state index in [4.69, 9.17) is 0 Å². The van der Waals surface area contributed by atoms with Gasteiger partial charge >= 0.3 is 0 Å². The number of rotatable bonds is 6. The Hall–Kier alpha value is -1.13. The standard InChI is InChI=1S/C33H53P/c1-16-17-26-18-27(20(2)3)19-28(21(4)5)30(26)29-24(8)22(6)23(7)25(9)31(29)34(32(10,11)12)33(13,14)15/h18-21H,16-17H2,1-15H3. The molecule has 0 spiro atoms. The maximum atomic E-state index is 2.54. The Kier molecular flexibility index (Phi) is 8.96. The second kappa shape index (κ2) is 10.5. The first-order valence-corrected chi connectivity index (χ1v) is 14.9. The van der Waals surface area contributed by atoms with Crippen molar-refractivity contribution in [2.45, 2.75) is 139 Å². The van der Waals surface area contributed by atoms with Gasteiger partial charge in [-0.05, 0) is 112 Å². The van der Waals surface area contributed by atoms with E-state index in [2.05, 4.69) is 116 Å². The van der Waals surface area contributed by atoms with Crippen LogP contribution in [0.15, 0.2) is 12.1 Å². The minimum absolute atomic E-state index is 0.224. The molecule has 0 N–H and O–H groups in total. The van der Waals surface area contributed by atoms with E-state index in [1.165, 1.54) is 34.2 Å². The fraction of sp³-hybridized carbons (Fsp3) is 0.636. The van der Waals surface area contributed by atoms with Gasteiger partial charge in [0.1, 0.15) is 0 Å². The molecule has 0 aliphatic carbocycles. The monoisotopic (exact) mass is 480 g/mol. The van der Waals surface area contributed by atoms with Crippen molar-refractivity contribution in [3.05, 3.63) is 51.1 Å². The molecular formula is C33H53P. The predicted octanol–water partition coefficient (Wildman–Crippen LogP) is 10.5. The van der Waals surface area contributed by atoms with Crippen LogP contribution in [-0.2, 0) is 6.42 Å². The third-order valence-electron chi connectivity index (χ3n) is 7.55. The first kappa shape index (κ1) is 29.1. The number of hydrogen-bond donors (Lipinski definition) is 0. The summed E-state index contributed by atoms with van der Waals surface area (Å²) in [5.41, 5.74) is 13.7. The average Bonchev–Trinajstić information content (AvgIpc) is 2.68. The molecule has 0 aliphatic rings. The van der Waals surface area contributed by atoms with Crippen molar-refractivity contribution in [2.75, 3.05) is 0 Å². The van der Waals surface area contributed by atoms with Crippen molar-refractivity contribution in [3.63, 3.8) is 0 Å². The molecule has 0 heterocycles. The van der Waals surface area contributed by atoms with E-state index >= 15 is 0 Å². The predicted molar refractivity (Wildman–Crippen MR) is 159 cm³/mol.